The second kappa shape index (κ2) is 7.88. The van der Waals surface area contributed by atoms with E-state index in [-0.39, 0.29) is 11.5 Å². The molecule has 2 aromatic carbocycles. The summed E-state index contributed by atoms with van der Waals surface area (Å²) in [5.41, 5.74) is 3.13. The van der Waals surface area contributed by atoms with E-state index in [0.29, 0.717) is 23.4 Å². The van der Waals surface area contributed by atoms with Crippen molar-refractivity contribution in [2.24, 2.45) is 7.05 Å². The van der Waals surface area contributed by atoms with E-state index in [1.165, 1.54) is 24.3 Å². The summed E-state index contributed by atoms with van der Waals surface area (Å²) in [4.78, 5) is 23.0. The molecular formula is C20H19N3O5S. The van der Waals surface area contributed by atoms with Crippen LogP contribution in [0.25, 0.3) is 0 Å². The van der Waals surface area contributed by atoms with Gasteiger partial charge in [-0.1, -0.05) is 12.1 Å². The van der Waals surface area contributed by atoms with Gasteiger partial charge < -0.3 is 4.57 Å². The maximum absolute atomic E-state index is 12.7. The molecule has 8 nitrogen and oxygen atoms in total. The number of benzene rings is 2. The fourth-order valence-electron chi connectivity index (χ4n) is 2.96. The lowest BCUT2D eigenvalue weighted by molar-refractivity contribution is -0.384. The van der Waals surface area contributed by atoms with Gasteiger partial charge in [-0.3, -0.25) is 19.6 Å². The smallest absolute Gasteiger partial charge is 0.269 e. The summed E-state index contributed by atoms with van der Waals surface area (Å²) >= 11 is 0. The number of nitro groups is 1. The van der Waals surface area contributed by atoms with Crippen molar-refractivity contribution in [1.29, 1.82) is 0 Å². The van der Waals surface area contributed by atoms with Crippen LogP contribution >= 0.6 is 0 Å². The van der Waals surface area contributed by atoms with Crippen LogP contribution in [0.5, 0.6) is 0 Å². The van der Waals surface area contributed by atoms with Crippen molar-refractivity contribution in [2.45, 2.75) is 6.42 Å². The lowest BCUT2D eigenvalue weighted by Crippen LogP contribution is -2.10. The number of anilines is 1. The highest BCUT2D eigenvalue weighted by Gasteiger charge is 2.16. The summed E-state index contributed by atoms with van der Waals surface area (Å²) in [5.74, 6) is -0.221. The number of non-ortho nitro benzene ring substituents is 1. The quantitative estimate of drug-likeness (QED) is 0.363. The van der Waals surface area contributed by atoms with E-state index in [1.807, 2.05) is 18.2 Å². The number of aromatic nitrogens is 1. The molecule has 150 valence electrons. The molecule has 0 radical (unpaired) electrons. The van der Waals surface area contributed by atoms with Crippen molar-refractivity contribution in [3.8, 4) is 0 Å². The van der Waals surface area contributed by atoms with Gasteiger partial charge in [0.05, 0.1) is 16.9 Å². The third-order valence-corrected chi connectivity index (χ3v) is 5.05. The molecule has 0 atom stereocenters. The molecule has 1 N–H and O–H groups in total. The predicted molar refractivity (Wildman–Crippen MR) is 110 cm³/mol. The Hall–Kier alpha value is -3.46. The molecule has 0 spiro atoms. The Bertz CT molecular complexity index is 1160. The number of nitrogens with one attached hydrogen (secondary N) is 1. The second-order valence-electron chi connectivity index (χ2n) is 6.65. The van der Waals surface area contributed by atoms with E-state index in [1.54, 1.807) is 29.8 Å². The Morgan fingerprint density at radius 3 is 2.21 bits per heavy atom. The number of carbonyl (C=O) groups excluding carboxylic acids is 1. The van der Waals surface area contributed by atoms with E-state index in [2.05, 4.69) is 4.72 Å². The van der Waals surface area contributed by atoms with Crippen molar-refractivity contribution in [1.82, 2.24) is 4.57 Å². The maximum atomic E-state index is 12.7. The summed E-state index contributed by atoms with van der Waals surface area (Å²) in [6.45, 7) is 0. The molecule has 3 aromatic rings. The number of ketones is 1. The zero-order chi connectivity index (χ0) is 21.2. The molecule has 0 saturated carbocycles. The Labute approximate surface area is 168 Å². The number of carbonyl (C=O) groups is 1. The highest BCUT2D eigenvalue weighted by molar-refractivity contribution is 7.92. The minimum absolute atomic E-state index is 0.0667. The van der Waals surface area contributed by atoms with E-state index in [0.717, 1.165) is 17.5 Å². The number of nitrogens with zero attached hydrogens (tertiary/aromatic N) is 2. The normalized spacial score (nSPS) is 11.2. The van der Waals surface area contributed by atoms with Crippen LogP contribution in [-0.2, 0) is 23.5 Å². The number of rotatable bonds is 7. The molecule has 1 heterocycles. The fraction of sp³-hybridized carbons (Fsp3) is 0.150. The molecule has 0 amide bonds. The number of hydrogen-bond acceptors (Lipinski definition) is 5. The average Bonchev–Trinajstić information content (AvgIpc) is 3.02. The van der Waals surface area contributed by atoms with Gasteiger partial charge in [-0.05, 0) is 42.0 Å². The van der Waals surface area contributed by atoms with Crippen LogP contribution in [0.4, 0.5) is 11.4 Å². The van der Waals surface area contributed by atoms with Crippen LogP contribution in [0, 0.1) is 10.1 Å². The molecule has 0 aliphatic carbocycles. The van der Waals surface area contributed by atoms with E-state index >= 15 is 0 Å². The molecule has 9 heteroatoms. The molecule has 29 heavy (non-hydrogen) atoms. The Morgan fingerprint density at radius 1 is 1.03 bits per heavy atom. The van der Waals surface area contributed by atoms with Crippen molar-refractivity contribution >= 4 is 27.2 Å². The van der Waals surface area contributed by atoms with Crippen molar-refractivity contribution in [2.75, 3.05) is 11.0 Å². The second-order valence-corrected chi connectivity index (χ2v) is 8.40. The third-order valence-electron chi connectivity index (χ3n) is 4.44. The summed E-state index contributed by atoms with van der Waals surface area (Å²) in [6.07, 6.45) is 1.65. The van der Waals surface area contributed by atoms with Gasteiger partial charge >= 0.3 is 0 Å². The highest BCUT2D eigenvalue weighted by atomic mass is 32.2. The first-order valence-corrected chi connectivity index (χ1v) is 10.5. The largest absolute Gasteiger partial charge is 0.345 e. The Balaban J connectivity index is 1.76. The van der Waals surface area contributed by atoms with Crippen LogP contribution in [-0.4, -0.2) is 29.9 Å². The molecule has 1 aromatic heterocycles. The molecule has 0 aliphatic rings. The van der Waals surface area contributed by atoms with Gasteiger partial charge in [-0.15, -0.1) is 0 Å². The van der Waals surface area contributed by atoms with E-state index < -0.39 is 14.9 Å². The summed E-state index contributed by atoms with van der Waals surface area (Å²) in [7, 11) is -1.54. The highest BCUT2D eigenvalue weighted by Crippen LogP contribution is 2.19. The molecule has 0 unspecified atom stereocenters. The molecule has 0 aliphatic heterocycles. The summed E-state index contributed by atoms with van der Waals surface area (Å²) in [6, 6.07) is 16.1. The number of nitro benzene ring substituents is 1. The van der Waals surface area contributed by atoms with Crippen molar-refractivity contribution in [3.05, 3.63) is 93.3 Å². The standard InChI is InChI=1S/C20H19N3O5S/c1-22-18(13-14-3-7-16(8-4-14)21-29(2,27)28)11-12-19(22)20(24)15-5-9-17(10-6-15)23(25)26/h3-12,21H,13H2,1-2H3. The topological polar surface area (TPSA) is 111 Å². The Morgan fingerprint density at radius 2 is 1.66 bits per heavy atom. The predicted octanol–water partition coefficient (Wildman–Crippen LogP) is 3.13. The van der Waals surface area contributed by atoms with Crippen molar-refractivity contribution < 1.29 is 18.1 Å². The van der Waals surface area contributed by atoms with Gasteiger partial charge in [-0.2, -0.15) is 0 Å². The minimum atomic E-state index is -3.32. The average molecular weight is 413 g/mol. The molecular weight excluding hydrogens is 394 g/mol. The monoisotopic (exact) mass is 413 g/mol. The van der Waals surface area contributed by atoms with Gasteiger partial charge in [0, 0.05) is 42.5 Å². The van der Waals surface area contributed by atoms with Gasteiger partial charge in [-0.25, -0.2) is 8.42 Å². The van der Waals surface area contributed by atoms with Crippen LogP contribution in [0.1, 0.15) is 27.3 Å². The molecule has 3 rings (SSSR count). The molecule has 0 saturated heterocycles. The van der Waals surface area contributed by atoms with Crippen LogP contribution in [0.3, 0.4) is 0 Å². The first kappa shape index (κ1) is 20.3. The van der Waals surface area contributed by atoms with Gasteiger partial charge in [0.15, 0.2) is 0 Å². The molecule has 0 fully saturated rings. The maximum Gasteiger partial charge on any atom is 0.269 e. The minimum Gasteiger partial charge on any atom is -0.345 e. The van der Waals surface area contributed by atoms with Crippen LogP contribution in [0.15, 0.2) is 60.7 Å². The summed E-state index contributed by atoms with van der Waals surface area (Å²) < 4.78 is 26.8. The van der Waals surface area contributed by atoms with Crippen LogP contribution < -0.4 is 4.72 Å². The zero-order valence-corrected chi connectivity index (χ0v) is 16.6. The van der Waals surface area contributed by atoms with Gasteiger partial charge in [0.1, 0.15) is 0 Å². The van der Waals surface area contributed by atoms with E-state index in [4.69, 9.17) is 0 Å². The number of sulfonamides is 1. The van der Waals surface area contributed by atoms with Crippen molar-refractivity contribution in [3.63, 3.8) is 0 Å². The zero-order valence-electron chi connectivity index (χ0n) is 15.8. The summed E-state index contributed by atoms with van der Waals surface area (Å²) in [5, 5.41) is 10.8. The molecule has 0 bridgehead atoms. The van der Waals surface area contributed by atoms with E-state index in [9.17, 15) is 23.3 Å². The SMILES string of the molecule is Cn1c(Cc2ccc(NS(C)(=O)=O)cc2)ccc1C(=O)c1ccc([N+](=O)[O-])cc1. The first-order valence-electron chi connectivity index (χ1n) is 8.64. The first-order chi connectivity index (χ1) is 13.6. The van der Waals surface area contributed by atoms with Gasteiger partial charge in [0.2, 0.25) is 15.8 Å². The third kappa shape index (κ3) is 4.88. The fourth-order valence-corrected chi connectivity index (χ4v) is 3.52. The van der Waals surface area contributed by atoms with Crippen LogP contribution in [0.2, 0.25) is 0 Å². The van der Waals surface area contributed by atoms with Gasteiger partial charge in [0.25, 0.3) is 5.69 Å². The lowest BCUT2D eigenvalue weighted by atomic mass is 10.1. The lowest BCUT2D eigenvalue weighted by Gasteiger charge is -2.09. The Kier molecular flexibility index (Phi) is 5.51. The number of hydrogen-bond donors (Lipinski definition) is 1.